The maximum atomic E-state index is 4.68. The normalized spacial score (nSPS) is 24.9. The molecule has 0 saturated carbocycles. The Morgan fingerprint density at radius 1 is 1.09 bits per heavy atom. The van der Waals surface area contributed by atoms with Gasteiger partial charge in [0.05, 0.1) is 11.9 Å². The minimum atomic E-state index is 0.375. The van der Waals surface area contributed by atoms with Crippen LogP contribution < -0.4 is 5.32 Å². The molecule has 0 amide bonds. The molecule has 1 fully saturated rings. The summed E-state index contributed by atoms with van der Waals surface area (Å²) in [6, 6.07) is 11.1. The fourth-order valence-corrected chi connectivity index (χ4v) is 3.78. The maximum Gasteiger partial charge on any atom is 0.110 e. The molecule has 4 rings (SSSR count). The Bertz CT molecular complexity index is 764. The van der Waals surface area contributed by atoms with E-state index < -0.39 is 0 Å². The molecule has 3 aliphatic rings. The van der Waals surface area contributed by atoms with Crippen molar-refractivity contribution >= 4 is 0 Å². The Hall–Kier alpha value is -2.20. The quantitative estimate of drug-likeness (QED) is 0.759. The third-order valence-electron chi connectivity index (χ3n) is 5.12. The monoisotopic (exact) mass is 306 g/mol. The van der Waals surface area contributed by atoms with Gasteiger partial charge in [-0.25, -0.2) is 4.98 Å². The lowest BCUT2D eigenvalue weighted by molar-refractivity contribution is 0.257. The number of nitrogens with one attached hydrogen (secondary N) is 2. The van der Waals surface area contributed by atoms with E-state index in [1.54, 1.807) is 0 Å². The van der Waals surface area contributed by atoms with E-state index in [0.29, 0.717) is 17.9 Å². The molecule has 1 aromatic rings. The van der Waals surface area contributed by atoms with Crippen LogP contribution in [0.2, 0.25) is 0 Å². The van der Waals surface area contributed by atoms with Crippen LogP contribution in [0.4, 0.5) is 0 Å². The SMILES string of the molecule is Cc1cnc2cnc(C3CCNC(c4ccccc4)C3C)[nH]c1-2. The molecule has 3 heterocycles. The Balaban J connectivity index is 1.67. The Morgan fingerprint density at radius 3 is 2.74 bits per heavy atom. The minimum Gasteiger partial charge on any atom is -0.341 e. The van der Waals surface area contributed by atoms with Crippen molar-refractivity contribution in [2.75, 3.05) is 6.54 Å². The first-order chi connectivity index (χ1) is 11.2. The molecule has 4 nitrogen and oxygen atoms in total. The van der Waals surface area contributed by atoms with Gasteiger partial charge in [0.25, 0.3) is 0 Å². The van der Waals surface area contributed by atoms with Gasteiger partial charge >= 0.3 is 0 Å². The highest BCUT2D eigenvalue weighted by molar-refractivity contribution is 5.59. The van der Waals surface area contributed by atoms with Gasteiger partial charge in [0, 0.05) is 18.2 Å². The van der Waals surface area contributed by atoms with Gasteiger partial charge in [0.1, 0.15) is 11.5 Å². The predicted octanol–water partition coefficient (Wildman–Crippen LogP) is 3.67. The summed E-state index contributed by atoms with van der Waals surface area (Å²) in [6.07, 6.45) is 4.92. The molecule has 0 aromatic heterocycles. The number of nitrogens with zero attached hydrogens (tertiary/aromatic N) is 2. The van der Waals surface area contributed by atoms with Gasteiger partial charge in [-0.3, -0.25) is 4.98 Å². The second-order valence-corrected chi connectivity index (χ2v) is 6.57. The van der Waals surface area contributed by atoms with E-state index in [-0.39, 0.29) is 0 Å². The first kappa shape index (κ1) is 14.4. The Labute approximate surface area is 136 Å². The number of benzene rings is 1. The molecule has 118 valence electrons. The molecule has 23 heavy (non-hydrogen) atoms. The molecule has 2 N–H and O–H groups in total. The minimum absolute atomic E-state index is 0.375. The van der Waals surface area contributed by atoms with Crippen molar-refractivity contribution in [2.24, 2.45) is 5.92 Å². The van der Waals surface area contributed by atoms with Crippen LogP contribution in [-0.4, -0.2) is 21.5 Å². The van der Waals surface area contributed by atoms with Crippen molar-refractivity contribution in [1.29, 1.82) is 0 Å². The van der Waals surface area contributed by atoms with Crippen molar-refractivity contribution in [3.8, 4) is 11.4 Å². The van der Waals surface area contributed by atoms with Gasteiger partial charge in [-0.15, -0.1) is 0 Å². The van der Waals surface area contributed by atoms with Crippen LogP contribution in [0.15, 0.2) is 42.7 Å². The van der Waals surface area contributed by atoms with Crippen molar-refractivity contribution in [3.63, 3.8) is 0 Å². The molecule has 0 radical (unpaired) electrons. The lowest BCUT2D eigenvalue weighted by Gasteiger charge is -2.37. The van der Waals surface area contributed by atoms with Gasteiger partial charge < -0.3 is 10.3 Å². The summed E-state index contributed by atoms with van der Waals surface area (Å²) in [5, 5.41) is 3.67. The number of fused-ring (bicyclic) bond motifs is 1. The van der Waals surface area contributed by atoms with Crippen molar-refractivity contribution in [2.45, 2.75) is 32.2 Å². The molecule has 3 unspecified atom stereocenters. The van der Waals surface area contributed by atoms with E-state index in [2.05, 4.69) is 64.4 Å². The second kappa shape index (κ2) is 5.78. The van der Waals surface area contributed by atoms with Crippen LogP contribution in [-0.2, 0) is 0 Å². The van der Waals surface area contributed by atoms with Gasteiger partial charge in [0.2, 0.25) is 0 Å². The summed E-state index contributed by atoms with van der Waals surface area (Å²) in [5.74, 6) is 2.00. The number of hydrogen-bond donors (Lipinski definition) is 2. The average Bonchev–Trinajstić information content (AvgIpc) is 2.96. The second-order valence-electron chi connectivity index (χ2n) is 6.57. The molecular formula is C19H22N4. The standard InChI is InChI=1S/C19H22N4/c1-12-10-21-16-11-22-19(23-17(12)16)15-8-9-20-18(13(15)2)14-6-4-3-5-7-14/h3-7,10-11,13,15,18,20H,8-9H2,1-2H3,(H,22,23). The molecule has 1 saturated heterocycles. The van der Waals surface area contributed by atoms with E-state index >= 15 is 0 Å². The van der Waals surface area contributed by atoms with Crippen LogP contribution >= 0.6 is 0 Å². The van der Waals surface area contributed by atoms with Crippen molar-refractivity contribution in [3.05, 3.63) is 59.7 Å². The molecule has 0 spiro atoms. The summed E-state index contributed by atoms with van der Waals surface area (Å²) >= 11 is 0. The van der Waals surface area contributed by atoms with Gasteiger partial charge in [-0.05, 0) is 36.9 Å². The van der Waals surface area contributed by atoms with Gasteiger partial charge in [-0.1, -0.05) is 37.3 Å². The zero-order chi connectivity index (χ0) is 15.8. The highest BCUT2D eigenvalue weighted by Gasteiger charge is 2.33. The molecule has 1 aromatic carbocycles. The lowest BCUT2D eigenvalue weighted by Crippen LogP contribution is -2.38. The topological polar surface area (TPSA) is 53.6 Å². The highest BCUT2D eigenvalue weighted by Crippen LogP contribution is 2.39. The number of hydrogen-bond acceptors (Lipinski definition) is 3. The summed E-state index contributed by atoms with van der Waals surface area (Å²) in [7, 11) is 0. The fourth-order valence-electron chi connectivity index (χ4n) is 3.78. The first-order valence-corrected chi connectivity index (χ1v) is 8.32. The molecule has 3 atom stereocenters. The summed E-state index contributed by atoms with van der Waals surface area (Å²) in [6.45, 7) is 5.43. The summed E-state index contributed by atoms with van der Waals surface area (Å²) in [5.41, 5.74) is 4.62. The third-order valence-corrected chi connectivity index (χ3v) is 5.12. The zero-order valence-corrected chi connectivity index (χ0v) is 13.6. The number of aromatic nitrogens is 3. The van der Waals surface area contributed by atoms with E-state index in [4.69, 9.17) is 0 Å². The number of piperidine rings is 1. The third kappa shape index (κ3) is 2.53. The average molecular weight is 306 g/mol. The molecule has 0 bridgehead atoms. The Kier molecular flexibility index (Phi) is 3.62. The lowest BCUT2D eigenvalue weighted by atomic mass is 9.78. The predicted molar refractivity (Wildman–Crippen MR) is 91.4 cm³/mol. The van der Waals surface area contributed by atoms with Crippen LogP contribution in [0.25, 0.3) is 11.4 Å². The van der Waals surface area contributed by atoms with E-state index in [1.807, 2.05) is 12.4 Å². The number of aromatic amines is 1. The van der Waals surface area contributed by atoms with Crippen molar-refractivity contribution in [1.82, 2.24) is 20.3 Å². The van der Waals surface area contributed by atoms with Crippen LogP contribution in [0, 0.1) is 12.8 Å². The van der Waals surface area contributed by atoms with E-state index in [9.17, 15) is 0 Å². The molecule has 0 aliphatic carbocycles. The number of rotatable bonds is 2. The zero-order valence-electron chi connectivity index (χ0n) is 13.6. The van der Waals surface area contributed by atoms with Gasteiger partial charge in [0.15, 0.2) is 0 Å². The molecular weight excluding hydrogens is 284 g/mol. The summed E-state index contributed by atoms with van der Waals surface area (Å²) in [4.78, 5) is 12.6. The summed E-state index contributed by atoms with van der Waals surface area (Å²) < 4.78 is 0. The van der Waals surface area contributed by atoms with Crippen molar-refractivity contribution < 1.29 is 0 Å². The van der Waals surface area contributed by atoms with Crippen LogP contribution in [0.1, 0.15) is 42.3 Å². The fraction of sp³-hybridized carbons (Fsp3) is 0.368. The van der Waals surface area contributed by atoms with E-state index in [0.717, 1.165) is 30.2 Å². The smallest absolute Gasteiger partial charge is 0.110 e. The Morgan fingerprint density at radius 2 is 1.91 bits per heavy atom. The number of H-pyrrole nitrogens is 1. The molecule has 4 heteroatoms. The first-order valence-electron chi connectivity index (χ1n) is 8.32. The maximum absolute atomic E-state index is 4.68. The highest BCUT2D eigenvalue weighted by atomic mass is 15.0. The van der Waals surface area contributed by atoms with Crippen LogP contribution in [0.5, 0.6) is 0 Å². The van der Waals surface area contributed by atoms with Gasteiger partial charge in [-0.2, -0.15) is 0 Å². The largest absolute Gasteiger partial charge is 0.341 e. The van der Waals surface area contributed by atoms with E-state index in [1.165, 1.54) is 11.1 Å². The molecule has 3 aliphatic heterocycles. The number of aryl methyl sites for hydroxylation is 1. The van der Waals surface area contributed by atoms with Crippen LogP contribution in [0.3, 0.4) is 0 Å².